The van der Waals surface area contributed by atoms with Crippen molar-refractivity contribution in [1.82, 2.24) is 13.9 Å². The molecule has 0 aliphatic heterocycles. The molecule has 4 aromatic rings. The van der Waals surface area contributed by atoms with Crippen molar-refractivity contribution in [3.05, 3.63) is 69.7 Å². The topological polar surface area (TPSA) is 107 Å². The summed E-state index contributed by atoms with van der Waals surface area (Å²) in [6, 6.07) is 7.70. The van der Waals surface area contributed by atoms with Crippen LogP contribution in [0.2, 0.25) is 0 Å². The maximum Gasteiger partial charge on any atom is 0.420 e. The highest BCUT2D eigenvalue weighted by Crippen LogP contribution is 2.36. The third-order valence-corrected chi connectivity index (χ3v) is 7.62. The van der Waals surface area contributed by atoms with Crippen LogP contribution in [0.4, 0.5) is 9.52 Å². The number of aryl methyl sites for hydroxylation is 1. The zero-order valence-corrected chi connectivity index (χ0v) is 18.0. The van der Waals surface area contributed by atoms with Gasteiger partial charge in [-0.15, -0.1) is 0 Å². The number of aromatic nitrogens is 3. The van der Waals surface area contributed by atoms with E-state index in [9.17, 15) is 17.6 Å². The van der Waals surface area contributed by atoms with E-state index in [-0.39, 0.29) is 22.3 Å². The van der Waals surface area contributed by atoms with E-state index in [0.717, 1.165) is 47.6 Å². The lowest BCUT2D eigenvalue weighted by atomic mass is 9.85. The summed E-state index contributed by atoms with van der Waals surface area (Å²) in [4.78, 5) is 15.9. The first-order valence-electron chi connectivity index (χ1n) is 9.57. The lowest BCUT2D eigenvalue weighted by Gasteiger charge is -2.27. The van der Waals surface area contributed by atoms with Gasteiger partial charge in [0.15, 0.2) is 5.58 Å². The van der Waals surface area contributed by atoms with Crippen LogP contribution in [0.25, 0.3) is 11.1 Å². The Morgan fingerprint density at radius 1 is 1.32 bits per heavy atom. The van der Waals surface area contributed by atoms with Crippen LogP contribution in [0.5, 0.6) is 0 Å². The first-order chi connectivity index (χ1) is 14.8. The zero-order valence-electron chi connectivity index (χ0n) is 16.3. The Balaban J connectivity index is 1.64. The fourth-order valence-electron chi connectivity index (χ4n) is 4.20. The van der Waals surface area contributed by atoms with Gasteiger partial charge in [0, 0.05) is 23.7 Å². The molecule has 1 unspecified atom stereocenters. The fraction of sp³-hybridized carbons (Fsp3) is 0.250. The van der Waals surface area contributed by atoms with Gasteiger partial charge in [-0.2, -0.15) is 4.37 Å². The molecule has 1 aliphatic carbocycles. The Hall–Kier alpha value is -3.05. The zero-order chi connectivity index (χ0) is 21.8. The van der Waals surface area contributed by atoms with Crippen LogP contribution in [0.1, 0.15) is 35.6 Å². The van der Waals surface area contributed by atoms with E-state index >= 15 is 0 Å². The number of oxazole rings is 1. The standard InChI is InChI=1S/C20H17FN4O4S2/c1-11-4-2-6-13-12(11)5-3-7-15(13)25-16-8-14(21)18(9-17(16)29-20(25)26)31(27,28)24-19-22-10-23-30-19/h2,4,6,8-10,15H,3,5,7H2,1H3,(H,22,23,24). The van der Waals surface area contributed by atoms with Crippen molar-refractivity contribution in [2.24, 2.45) is 0 Å². The molecule has 2 heterocycles. The Morgan fingerprint density at radius 2 is 2.16 bits per heavy atom. The molecule has 0 radical (unpaired) electrons. The second kappa shape index (κ2) is 7.27. The van der Waals surface area contributed by atoms with Gasteiger partial charge in [-0.25, -0.2) is 22.6 Å². The molecule has 1 atom stereocenters. The van der Waals surface area contributed by atoms with E-state index < -0.39 is 26.5 Å². The van der Waals surface area contributed by atoms with Crippen molar-refractivity contribution >= 4 is 37.8 Å². The van der Waals surface area contributed by atoms with Gasteiger partial charge in [-0.1, -0.05) is 18.2 Å². The van der Waals surface area contributed by atoms with Gasteiger partial charge in [0.05, 0.1) is 11.6 Å². The third kappa shape index (κ3) is 3.33. The minimum absolute atomic E-state index is 0.00353. The molecular formula is C20H17FN4O4S2. The van der Waals surface area contributed by atoms with Crippen LogP contribution < -0.4 is 10.5 Å². The van der Waals surface area contributed by atoms with Crippen molar-refractivity contribution in [2.75, 3.05) is 4.72 Å². The summed E-state index contributed by atoms with van der Waals surface area (Å²) >= 11 is 0.823. The SMILES string of the molecule is Cc1cccc2c1CCCC2n1c(=O)oc2cc(S(=O)(=O)Nc3ncns3)c(F)cc21. The summed E-state index contributed by atoms with van der Waals surface area (Å²) in [5.41, 5.74) is 3.55. The third-order valence-electron chi connectivity index (χ3n) is 5.56. The van der Waals surface area contributed by atoms with E-state index in [1.807, 2.05) is 25.1 Å². The Kier molecular flexibility index (Phi) is 4.67. The van der Waals surface area contributed by atoms with Crippen molar-refractivity contribution in [1.29, 1.82) is 0 Å². The van der Waals surface area contributed by atoms with E-state index in [1.165, 1.54) is 16.5 Å². The molecule has 160 valence electrons. The molecule has 31 heavy (non-hydrogen) atoms. The lowest BCUT2D eigenvalue weighted by molar-refractivity contribution is 0.437. The van der Waals surface area contributed by atoms with Crippen LogP contribution in [-0.4, -0.2) is 22.3 Å². The number of hydrogen-bond acceptors (Lipinski definition) is 7. The number of hydrogen-bond donors (Lipinski definition) is 1. The molecular weight excluding hydrogens is 443 g/mol. The molecule has 0 amide bonds. The number of nitrogens with zero attached hydrogens (tertiary/aromatic N) is 3. The molecule has 0 saturated carbocycles. The van der Waals surface area contributed by atoms with Gasteiger partial charge in [0.25, 0.3) is 10.0 Å². The first-order valence-corrected chi connectivity index (χ1v) is 11.8. The van der Waals surface area contributed by atoms with Gasteiger partial charge in [-0.3, -0.25) is 9.29 Å². The molecule has 2 aromatic heterocycles. The van der Waals surface area contributed by atoms with Crippen LogP contribution in [0, 0.1) is 12.7 Å². The average molecular weight is 461 g/mol. The minimum Gasteiger partial charge on any atom is -0.408 e. The monoisotopic (exact) mass is 460 g/mol. The molecule has 5 rings (SSSR count). The number of rotatable bonds is 4. The summed E-state index contributed by atoms with van der Waals surface area (Å²) in [7, 11) is -4.28. The van der Waals surface area contributed by atoms with E-state index in [0.29, 0.717) is 6.42 Å². The smallest absolute Gasteiger partial charge is 0.408 e. The predicted molar refractivity (Wildman–Crippen MR) is 113 cm³/mol. The predicted octanol–water partition coefficient (Wildman–Crippen LogP) is 3.62. The minimum atomic E-state index is -4.28. The molecule has 0 saturated heterocycles. The number of anilines is 1. The van der Waals surface area contributed by atoms with Gasteiger partial charge >= 0.3 is 5.76 Å². The largest absolute Gasteiger partial charge is 0.420 e. The highest BCUT2D eigenvalue weighted by molar-refractivity contribution is 7.93. The normalized spacial score (nSPS) is 16.4. The molecule has 0 fully saturated rings. The molecule has 1 aliphatic rings. The summed E-state index contributed by atoms with van der Waals surface area (Å²) in [5.74, 6) is -1.64. The van der Waals surface area contributed by atoms with Crippen LogP contribution >= 0.6 is 11.5 Å². The Labute approximate surface area is 180 Å². The van der Waals surface area contributed by atoms with E-state index in [2.05, 4.69) is 14.1 Å². The maximum atomic E-state index is 15.0. The Morgan fingerprint density at radius 3 is 2.94 bits per heavy atom. The number of fused-ring (bicyclic) bond motifs is 2. The maximum absolute atomic E-state index is 15.0. The summed E-state index contributed by atoms with van der Waals surface area (Å²) in [6.07, 6.45) is 3.68. The Bertz CT molecular complexity index is 1460. The van der Waals surface area contributed by atoms with Gasteiger partial charge in [0.1, 0.15) is 17.0 Å². The molecule has 0 bridgehead atoms. The second-order valence-corrected chi connectivity index (χ2v) is 9.82. The number of benzene rings is 2. The van der Waals surface area contributed by atoms with Crippen LogP contribution in [-0.2, 0) is 16.4 Å². The molecule has 0 spiro atoms. The van der Waals surface area contributed by atoms with E-state index in [1.54, 1.807) is 0 Å². The average Bonchev–Trinajstić information content (AvgIpc) is 3.33. The second-order valence-electron chi connectivity index (χ2n) is 7.39. The van der Waals surface area contributed by atoms with Crippen molar-refractivity contribution in [2.45, 2.75) is 37.1 Å². The molecule has 11 heteroatoms. The van der Waals surface area contributed by atoms with Crippen LogP contribution in [0.15, 0.2) is 50.8 Å². The van der Waals surface area contributed by atoms with Gasteiger partial charge in [-0.05, 0) is 42.9 Å². The van der Waals surface area contributed by atoms with Gasteiger partial charge < -0.3 is 4.42 Å². The quantitative estimate of drug-likeness (QED) is 0.498. The van der Waals surface area contributed by atoms with Crippen molar-refractivity contribution in [3.63, 3.8) is 0 Å². The number of nitrogens with one attached hydrogen (secondary N) is 1. The first kappa shape index (κ1) is 19.9. The number of halogens is 1. The van der Waals surface area contributed by atoms with E-state index in [4.69, 9.17) is 4.42 Å². The van der Waals surface area contributed by atoms with Crippen LogP contribution in [0.3, 0.4) is 0 Å². The lowest BCUT2D eigenvalue weighted by Crippen LogP contribution is -2.25. The summed E-state index contributed by atoms with van der Waals surface area (Å²) < 4.78 is 52.8. The highest BCUT2D eigenvalue weighted by Gasteiger charge is 2.29. The summed E-state index contributed by atoms with van der Waals surface area (Å²) in [6.45, 7) is 2.03. The molecule has 2 aromatic carbocycles. The van der Waals surface area contributed by atoms with Crippen molar-refractivity contribution < 1.29 is 17.2 Å². The van der Waals surface area contributed by atoms with Gasteiger partial charge in [0.2, 0.25) is 5.13 Å². The fourth-order valence-corrected chi connectivity index (χ4v) is 5.94. The highest BCUT2D eigenvalue weighted by atomic mass is 32.2. The molecule has 1 N–H and O–H groups in total. The summed E-state index contributed by atoms with van der Waals surface area (Å²) in [5, 5.41) is 0.00713. The number of sulfonamides is 1. The molecule has 8 nitrogen and oxygen atoms in total. The van der Waals surface area contributed by atoms with Crippen molar-refractivity contribution in [3.8, 4) is 0 Å².